The molecule has 1 N–H and O–H groups in total. The van der Waals surface area contributed by atoms with Crippen molar-refractivity contribution in [2.75, 3.05) is 54.9 Å². The van der Waals surface area contributed by atoms with Gasteiger partial charge in [-0.1, -0.05) is 19.1 Å². The Hall–Kier alpha value is -1.80. The molecule has 25 heavy (non-hydrogen) atoms. The number of morpholine rings is 1. The predicted molar refractivity (Wildman–Crippen MR) is 99.6 cm³/mol. The molecule has 0 aromatic heterocycles. The number of anilines is 2. The van der Waals surface area contributed by atoms with E-state index in [0.29, 0.717) is 38.5 Å². The first kappa shape index (κ1) is 19.5. The summed E-state index contributed by atoms with van der Waals surface area (Å²) in [6.07, 6.45) is 2.15. The second kappa shape index (κ2) is 9.05. The molecule has 2 rings (SSSR count). The fourth-order valence-corrected chi connectivity index (χ4v) is 3.70. The zero-order valence-electron chi connectivity index (χ0n) is 14.9. The normalized spacial score (nSPS) is 15.0. The summed E-state index contributed by atoms with van der Waals surface area (Å²) >= 11 is 0. The Morgan fingerprint density at radius 1 is 1.28 bits per heavy atom. The molecule has 140 valence electrons. The van der Waals surface area contributed by atoms with Crippen LogP contribution in [0.25, 0.3) is 0 Å². The van der Waals surface area contributed by atoms with Gasteiger partial charge in [-0.15, -0.1) is 0 Å². The largest absolute Gasteiger partial charge is 0.378 e. The number of carbonyl (C=O) groups is 1. The van der Waals surface area contributed by atoms with Gasteiger partial charge in [0.1, 0.15) is 0 Å². The van der Waals surface area contributed by atoms with Crippen LogP contribution in [0.1, 0.15) is 19.8 Å². The molecule has 1 aromatic rings. The molecule has 1 amide bonds. The first-order chi connectivity index (χ1) is 11.9. The van der Waals surface area contributed by atoms with Crippen molar-refractivity contribution < 1.29 is 17.9 Å². The molecule has 0 atom stereocenters. The lowest BCUT2D eigenvalue weighted by Gasteiger charge is -2.33. The number of hydrogen-bond donors (Lipinski definition) is 1. The average Bonchev–Trinajstić information content (AvgIpc) is 2.60. The molecule has 0 unspecified atom stereocenters. The van der Waals surface area contributed by atoms with E-state index in [1.165, 1.54) is 10.6 Å². The van der Waals surface area contributed by atoms with Gasteiger partial charge >= 0.3 is 0 Å². The number of rotatable bonds is 8. The smallest absolute Gasteiger partial charge is 0.232 e. The highest BCUT2D eigenvalue weighted by atomic mass is 32.2. The minimum absolute atomic E-state index is 0.121. The van der Waals surface area contributed by atoms with E-state index in [1.54, 1.807) is 6.07 Å². The van der Waals surface area contributed by atoms with Crippen LogP contribution in [0.15, 0.2) is 24.3 Å². The molecular weight excluding hydrogens is 342 g/mol. The number of amides is 1. The van der Waals surface area contributed by atoms with E-state index in [0.717, 1.165) is 12.1 Å². The summed E-state index contributed by atoms with van der Waals surface area (Å²) in [6.45, 7) is 5.36. The third kappa shape index (κ3) is 5.61. The first-order valence-corrected chi connectivity index (χ1v) is 10.4. The second-order valence-electron chi connectivity index (χ2n) is 6.02. The van der Waals surface area contributed by atoms with Crippen LogP contribution in [0.4, 0.5) is 11.4 Å². The third-order valence-electron chi connectivity index (χ3n) is 4.02. The lowest BCUT2D eigenvalue weighted by atomic mass is 10.2. The van der Waals surface area contributed by atoms with E-state index in [1.807, 2.05) is 25.1 Å². The minimum atomic E-state index is -3.50. The Kier molecular flexibility index (Phi) is 7.07. The maximum atomic E-state index is 12.3. The Labute approximate surface area is 150 Å². The van der Waals surface area contributed by atoms with E-state index in [-0.39, 0.29) is 18.9 Å². The molecule has 1 fully saturated rings. The average molecular weight is 369 g/mol. The number of benzene rings is 1. The maximum Gasteiger partial charge on any atom is 0.232 e. The van der Waals surface area contributed by atoms with Crippen molar-refractivity contribution in [3.05, 3.63) is 24.3 Å². The molecule has 0 saturated carbocycles. The number of ether oxygens (including phenoxy) is 1. The Bertz CT molecular complexity index is 672. The van der Waals surface area contributed by atoms with Crippen molar-refractivity contribution in [1.29, 1.82) is 0 Å². The van der Waals surface area contributed by atoms with Crippen molar-refractivity contribution in [3.63, 3.8) is 0 Å². The SMILES string of the molecule is CCCNC(=O)CCN(c1ccccc1N1CCOCC1)S(C)(=O)=O. The van der Waals surface area contributed by atoms with E-state index < -0.39 is 10.0 Å². The van der Waals surface area contributed by atoms with Gasteiger partial charge in [-0.25, -0.2) is 8.42 Å². The van der Waals surface area contributed by atoms with Crippen LogP contribution in [-0.2, 0) is 19.6 Å². The summed E-state index contributed by atoms with van der Waals surface area (Å²) in [6, 6.07) is 7.41. The van der Waals surface area contributed by atoms with Gasteiger partial charge in [0.15, 0.2) is 0 Å². The Morgan fingerprint density at radius 3 is 2.60 bits per heavy atom. The van der Waals surface area contributed by atoms with E-state index in [9.17, 15) is 13.2 Å². The highest BCUT2D eigenvalue weighted by Gasteiger charge is 2.24. The van der Waals surface area contributed by atoms with Crippen LogP contribution in [0.2, 0.25) is 0 Å². The summed E-state index contributed by atoms with van der Waals surface area (Å²) in [4.78, 5) is 14.0. The van der Waals surface area contributed by atoms with Gasteiger partial charge in [-0.3, -0.25) is 9.10 Å². The molecule has 1 aliphatic heterocycles. The van der Waals surface area contributed by atoms with Gasteiger partial charge in [-0.2, -0.15) is 0 Å². The molecule has 1 saturated heterocycles. The van der Waals surface area contributed by atoms with Crippen molar-refractivity contribution in [2.45, 2.75) is 19.8 Å². The first-order valence-electron chi connectivity index (χ1n) is 8.59. The van der Waals surface area contributed by atoms with Crippen molar-refractivity contribution >= 4 is 27.3 Å². The molecule has 7 nitrogen and oxygen atoms in total. The van der Waals surface area contributed by atoms with Gasteiger partial charge in [0.05, 0.1) is 30.8 Å². The van der Waals surface area contributed by atoms with Gasteiger partial charge < -0.3 is 15.0 Å². The van der Waals surface area contributed by atoms with Gasteiger partial charge in [0.2, 0.25) is 15.9 Å². The standard InChI is InChI=1S/C17H27N3O4S/c1-3-9-18-17(21)8-10-20(25(2,22)23)16-7-5-4-6-15(16)19-11-13-24-14-12-19/h4-7H,3,8-14H2,1-2H3,(H,18,21). The molecule has 0 aliphatic carbocycles. The van der Waals surface area contributed by atoms with E-state index in [2.05, 4.69) is 10.2 Å². The number of para-hydroxylation sites is 2. The lowest BCUT2D eigenvalue weighted by Crippen LogP contribution is -2.39. The molecule has 0 radical (unpaired) electrons. The number of nitrogens with zero attached hydrogens (tertiary/aromatic N) is 2. The zero-order chi connectivity index (χ0) is 18.3. The molecule has 1 aromatic carbocycles. The van der Waals surface area contributed by atoms with Crippen LogP contribution in [0.3, 0.4) is 0 Å². The number of hydrogen-bond acceptors (Lipinski definition) is 5. The summed E-state index contributed by atoms with van der Waals surface area (Å²) < 4.78 is 31.4. The van der Waals surface area contributed by atoms with Crippen LogP contribution in [0, 0.1) is 0 Å². The van der Waals surface area contributed by atoms with E-state index >= 15 is 0 Å². The minimum Gasteiger partial charge on any atom is -0.378 e. The van der Waals surface area contributed by atoms with E-state index in [4.69, 9.17) is 4.74 Å². The molecule has 8 heteroatoms. The summed E-state index contributed by atoms with van der Waals surface area (Å²) in [7, 11) is -3.50. The summed E-state index contributed by atoms with van der Waals surface area (Å²) in [5, 5.41) is 2.78. The molecular formula is C17H27N3O4S. The van der Waals surface area contributed by atoms with Gasteiger partial charge in [0.25, 0.3) is 0 Å². The third-order valence-corrected chi connectivity index (χ3v) is 5.20. The van der Waals surface area contributed by atoms with Crippen molar-refractivity contribution in [1.82, 2.24) is 5.32 Å². The van der Waals surface area contributed by atoms with Crippen LogP contribution < -0.4 is 14.5 Å². The fraction of sp³-hybridized carbons (Fsp3) is 0.588. The van der Waals surface area contributed by atoms with Gasteiger partial charge in [0, 0.05) is 32.6 Å². The molecule has 1 heterocycles. The van der Waals surface area contributed by atoms with Crippen molar-refractivity contribution in [3.8, 4) is 0 Å². The topological polar surface area (TPSA) is 79.0 Å². The molecule has 0 bridgehead atoms. The highest BCUT2D eigenvalue weighted by molar-refractivity contribution is 7.92. The maximum absolute atomic E-state index is 12.3. The fourth-order valence-electron chi connectivity index (χ4n) is 2.77. The van der Waals surface area contributed by atoms with Crippen LogP contribution in [0.5, 0.6) is 0 Å². The highest BCUT2D eigenvalue weighted by Crippen LogP contribution is 2.31. The number of carbonyl (C=O) groups excluding carboxylic acids is 1. The lowest BCUT2D eigenvalue weighted by molar-refractivity contribution is -0.120. The van der Waals surface area contributed by atoms with Crippen LogP contribution >= 0.6 is 0 Å². The number of sulfonamides is 1. The quantitative estimate of drug-likeness (QED) is 0.745. The van der Waals surface area contributed by atoms with Crippen molar-refractivity contribution in [2.24, 2.45) is 0 Å². The van der Waals surface area contributed by atoms with Gasteiger partial charge in [-0.05, 0) is 18.6 Å². The summed E-state index contributed by atoms with van der Waals surface area (Å²) in [5.74, 6) is -0.139. The van der Waals surface area contributed by atoms with Crippen LogP contribution in [-0.4, -0.2) is 60.0 Å². The zero-order valence-corrected chi connectivity index (χ0v) is 15.7. The second-order valence-corrected chi connectivity index (χ2v) is 7.93. The summed E-state index contributed by atoms with van der Waals surface area (Å²) in [5.41, 5.74) is 1.46. The molecule has 0 spiro atoms. The Morgan fingerprint density at radius 2 is 1.96 bits per heavy atom. The Balaban J connectivity index is 2.22. The monoisotopic (exact) mass is 369 g/mol. The number of nitrogens with one attached hydrogen (secondary N) is 1. The predicted octanol–water partition coefficient (Wildman–Crippen LogP) is 1.21. The molecule has 1 aliphatic rings.